The van der Waals surface area contributed by atoms with Gasteiger partial charge in [0.15, 0.2) is 14.1 Å². The molecule has 1 fully saturated rings. The molecule has 4 atom stereocenters. The number of hydrogen-bond acceptors (Lipinski definition) is 4. The Morgan fingerprint density at radius 3 is 2.36 bits per heavy atom. The van der Waals surface area contributed by atoms with E-state index < -0.39 is 14.1 Å². The molecule has 4 nitrogen and oxygen atoms in total. The minimum Gasteiger partial charge on any atom is -0.495 e. The fourth-order valence-electron chi connectivity index (χ4n) is 2.67. The third-order valence-electron chi connectivity index (χ3n) is 5.17. The van der Waals surface area contributed by atoms with Gasteiger partial charge in [-0.2, -0.15) is 0 Å². The monoisotopic (exact) mass is 328 g/mol. The summed E-state index contributed by atoms with van der Waals surface area (Å²) in [6.45, 7) is 18.0. The van der Waals surface area contributed by atoms with Crippen molar-refractivity contribution in [2.24, 2.45) is 5.92 Å². The van der Waals surface area contributed by atoms with E-state index in [-0.39, 0.29) is 29.3 Å². The van der Waals surface area contributed by atoms with E-state index in [1.165, 1.54) is 0 Å². The molecule has 0 saturated carbocycles. The highest BCUT2D eigenvalue weighted by Crippen LogP contribution is 2.40. The summed E-state index contributed by atoms with van der Waals surface area (Å²) in [6, 6.07) is 0. The van der Waals surface area contributed by atoms with E-state index in [2.05, 4.69) is 40.8 Å². The van der Waals surface area contributed by atoms with Crippen molar-refractivity contribution in [3.63, 3.8) is 0 Å². The molecule has 0 N–H and O–H groups in total. The molecule has 22 heavy (non-hydrogen) atoms. The van der Waals surface area contributed by atoms with Gasteiger partial charge in [0.05, 0.1) is 19.0 Å². The van der Waals surface area contributed by atoms with Gasteiger partial charge >= 0.3 is 0 Å². The first-order chi connectivity index (χ1) is 9.93. The molecule has 128 valence electrons. The molecular weight excluding hydrogens is 296 g/mol. The average molecular weight is 329 g/mol. The Bertz CT molecular complexity index is 425. The van der Waals surface area contributed by atoms with Crippen LogP contribution in [0.2, 0.25) is 18.1 Å². The molecule has 1 unspecified atom stereocenters. The standard InChI is InChI=1S/C17H32O4Si/c1-12-13(21-22(7,8)16(2,3)4)9-10-18-15(12)14-11-19-17(5,6)20-14/h9-10,12-15H,11H2,1-8H3/t12-,13?,14-,15-/m1/s1. The van der Waals surface area contributed by atoms with Crippen LogP contribution in [0.15, 0.2) is 12.3 Å². The van der Waals surface area contributed by atoms with Crippen molar-refractivity contribution in [3.05, 3.63) is 12.3 Å². The zero-order chi connectivity index (χ0) is 16.8. The maximum absolute atomic E-state index is 6.57. The fraction of sp³-hybridized carbons (Fsp3) is 0.882. The van der Waals surface area contributed by atoms with Crippen LogP contribution >= 0.6 is 0 Å². The van der Waals surface area contributed by atoms with Gasteiger partial charge in [-0.25, -0.2) is 0 Å². The molecule has 0 bridgehead atoms. The Hall–Kier alpha value is -0.363. The first-order valence-electron chi connectivity index (χ1n) is 8.25. The van der Waals surface area contributed by atoms with Crippen LogP contribution in [0.25, 0.3) is 0 Å². The number of hydrogen-bond donors (Lipinski definition) is 0. The first-order valence-corrected chi connectivity index (χ1v) is 11.2. The van der Waals surface area contributed by atoms with E-state index in [0.717, 1.165) is 0 Å². The summed E-state index contributed by atoms with van der Waals surface area (Å²) in [4.78, 5) is 0. The van der Waals surface area contributed by atoms with Crippen LogP contribution in [0.1, 0.15) is 41.5 Å². The minimum absolute atomic E-state index is 0.0263. The van der Waals surface area contributed by atoms with Crippen LogP contribution in [-0.4, -0.2) is 39.0 Å². The van der Waals surface area contributed by atoms with Crippen LogP contribution in [0, 0.1) is 5.92 Å². The first kappa shape index (κ1) is 18.0. The maximum atomic E-state index is 6.57. The van der Waals surface area contributed by atoms with Crippen LogP contribution < -0.4 is 0 Å². The molecule has 0 aromatic heterocycles. The third-order valence-corrected chi connectivity index (χ3v) is 9.65. The van der Waals surface area contributed by atoms with Crippen molar-refractivity contribution >= 4 is 8.32 Å². The molecule has 0 spiro atoms. The van der Waals surface area contributed by atoms with E-state index in [9.17, 15) is 0 Å². The SMILES string of the molecule is C[C@@H]1C(O[Si](C)(C)C(C)(C)C)C=CO[C@H]1[C@H]1COC(C)(C)O1. The topological polar surface area (TPSA) is 36.9 Å². The van der Waals surface area contributed by atoms with Gasteiger partial charge in [-0.1, -0.05) is 27.7 Å². The molecule has 2 aliphatic heterocycles. The zero-order valence-corrected chi connectivity index (χ0v) is 16.3. The predicted octanol–water partition coefficient (Wildman–Crippen LogP) is 4.08. The predicted molar refractivity (Wildman–Crippen MR) is 90.2 cm³/mol. The third kappa shape index (κ3) is 3.75. The smallest absolute Gasteiger partial charge is 0.192 e. The lowest BCUT2D eigenvalue weighted by atomic mass is 9.92. The lowest BCUT2D eigenvalue weighted by molar-refractivity contribution is -0.160. The molecule has 0 aliphatic carbocycles. The summed E-state index contributed by atoms with van der Waals surface area (Å²) in [7, 11) is -1.81. The Balaban J connectivity index is 2.06. The summed E-state index contributed by atoms with van der Waals surface area (Å²) in [5.74, 6) is -0.286. The highest BCUT2D eigenvalue weighted by atomic mass is 28.4. The zero-order valence-electron chi connectivity index (χ0n) is 15.3. The van der Waals surface area contributed by atoms with Crippen molar-refractivity contribution in [1.29, 1.82) is 0 Å². The minimum atomic E-state index is -1.81. The highest BCUT2D eigenvalue weighted by molar-refractivity contribution is 6.74. The van der Waals surface area contributed by atoms with Crippen molar-refractivity contribution < 1.29 is 18.6 Å². The normalized spacial score (nSPS) is 35.5. The summed E-state index contributed by atoms with van der Waals surface area (Å²) < 4.78 is 24.1. The van der Waals surface area contributed by atoms with E-state index >= 15 is 0 Å². The number of rotatable bonds is 3. The summed E-state index contributed by atoms with van der Waals surface area (Å²) in [5.41, 5.74) is 0. The lowest BCUT2D eigenvalue weighted by Crippen LogP contribution is -2.50. The van der Waals surface area contributed by atoms with Gasteiger partial charge in [-0.05, 0) is 38.1 Å². The van der Waals surface area contributed by atoms with Crippen molar-refractivity contribution in [2.75, 3.05) is 6.61 Å². The van der Waals surface area contributed by atoms with Crippen LogP contribution in [0.4, 0.5) is 0 Å². The molecule has 5 heteroatoms. The van der Waals surface area contributed by atoms with E-state index in [4.69, 9.17) is 18.6 Å². The molecule has 0 aromatic carbocycles. The summed E-state index contributed by atoms with van der Waals surface area (Å²) in [6.07, 6.45) is 3.83. The lowest BCUT2D eigenvalue weighted by Gasteiger charge is -2.43. The van der Waals surface area contributed by atoms with E-state index in [1.807, 2.05) is 19.9 Å². The fourth-order valence-corrected chi connectivity index (χ4v) is 3.99. The second-order valence-corrected chi connectivity index (χ2v) is 13.3. The van der Waals surface area contributed by atoms with Gasteiger partial charge in [0.1, 0.15) is 12.2 Å². The van der Waals surface area contributed by atoms with Crippen LogP contribution in [-0.2, 0) is 18.6 Å². The second-order valence-electron chi connectivity index (χ2n) is 8.50. The van der Waals surface area contributed by atoms with Crippen molar-refractivity contribution in [2.45, 2.75) is 83.8 Å². The molecule has 2 aliphatic rings. The van der Waals surface area contributed by atoms with Gasteiger partial charge in [0.2, 0.25) is 0 Å². The Morgan fingerprint density at radius 1 is 1.23 bits per heavy atom. The largest absolute Gasteiger partial charge is 0.495 e. The molecule has 2 heterocycles. The Kier molecular flexibility index (Phi) is 4.85. The maximum Gasteiger partial charge on any atom is 0.192 e. The van der Waals surface area contributed by atoms with Gasteiger partial charge < -0.3 is 18.6 Å². The molecule has 0 radical (unpaired) electrons. The Morgan fingerprint density at radius 2 is 1.86 bits per heavy atom. The van der Waals surface area contributed by atoms with Crippen molar-refractivity contribution in [1.82, 2.24) is 0 Å². The van der Waals surface area contributed by atoms with E-state index in [1.54, 1.807) is 6.26 Å². The molecule has 1 saturated heterocycles. The average Bonchev–Trinajstić information content (AvgIpc) is 2.70. The van der Waals surface area contributed by atoms with E-state index in [0.29, 0.717) is 6.61 Å². The highest BCUT2D eigenvalue weighted by Gasteiger charge is 2.46. The van der Waals surface area contributed by atoms with Crippen LogP contribution in [0.5, 0.6) is 0 Å². The quantitative estimate of drug-likeness (QED) is 0.732. The molecular formula is C17H32O4Si. The molecule has 0 aromatic rings. The molecule has 0 amide bonds. The van der Waals surface area contributed by atoms with Crippen molar-refractivity contribution in [3.8, 4) is 0 Å². The number of ether oxygens (including phenoxy) is 3. The molecule has 2 rings (SSSR count). The van der Waals surface area contributed by atoms with Gasteiger partial charge in [-0.15, -0.1) is 0 Å². The van der Waals surface area contributed by atoms with Gasteiger partial charge in [0.25, 0.3) is 0 Å². The summed E-state index contributed by atoms with van der Waals surface area (Å²) in [5, 5.41) is 0.198. The summed E-state index contributed by atoms with van der Waals surface area (Å²) >= 11 is 0. The van der Waals surface area contributed by atoms with Gasteiger partial charge in [-0.3, -0.25) is 0 Å². The van der Waals surface area contributed by atoms with Gasteiger partial charge in [0, 0.05) is 5.92 Å². The van der Waals surface area contributed by atoms with Crippen LogP contribution in [0.3, 0.4) is 0 Å². The second kappa shape index (κ2) is 5.93. The Labute approximate surface area is 136 Å².